The standard InChI is InChI=1S/C19H22F3N5O/c1-12(2)10-18(3,23)11-28-15-5-4-13(26-17(15)19(20,21)22)14-6-8-24-16-7-9-25-27(14)16/h4-9,12H,10-11,23H2,1-3H3/t18-/m0/s1. The summed E-state index contributed by atoms with van der Waals surface area (Å²) in [6.45, 7) is 5.70. The topological polar surface area (TPSA) is 78.3 Å². The maximum absolute atomic E-state index is 13.6. The number of hydrogen-bond donors (Lipinski definition) is 1. The zero-order chi connectivity index (χ0) is 20.5. The van der Waals surface area contributed by atoms with Crippen molar-refractivity contribution in [2.24, 2.45) is 11.7 Å². The van der Waals surface area contributed by atoms with Gasteiger partial charge in [0.15, 0.2) is 11.3 Å². The van der Waals surface area contributed by atoms with Crippen molar-refractivity contribution in [3.63, 3.8) is 0 Å². The largest absolute Gasteiger partial charge is 0.489 e. The molecule has 0 aliphatic carbocycles. The number of aromatic nitrogens is 4. The zero-order valence-corrected chi connectivity index (χ0v) is 15.9. The molecular formula is C19H22F3N5O. The van der Waals surface area contributed by atoms with Crippen molar-refractivity contribution < 1.29 is 17.9 Å². The quantitative estimate of drug-likeness (QED) is 0.686. The minimum absolute atomic E-state index is 0.0477. The Morgan fingerprint density at radius 3 is 2.57 bits per heavy atom. The first-order valence-corrected chi connectivity index (χ1v) is 8.86. The highest BCUT2D eigenvalue weighted by Crippen LogP contribution is 2.36. The van der Waals surface area contributed by atoms with Crippen molar-refractivity contribution in [2.45, 2.75) is 38.9 Å². The van der Waals surface area contributed by atoms with Gasteiger partial charge in [-0.3, -0.25) is 0 Å². The van der Waals surface area contributed by atoms with Crippen LogP contribution in [-0.2, 0) is 6.18 Å². The van der Waals surface area contributed by atoms with Gasteiger partial charge in [0.1, 0.15) is 12.4 Å². The van der Waals surface area contributed by atoms with Gasteiger partial charge in [-0.1, -0.05) is 13.8 Å². The van der Waals surface area contributed by atoms with Crippen LogP contribution >= 0.6 is 0 Å². The average Bonchev–Trinajstić information content (AvgIpc) is 3.06. The molecule has 0 bridgehead atoms. The molecular weight excluding hydrogens is 371 g/mol. The SMILES string of the molecule is CC(C)C[C@](C)(N)COc1ccc(-c2ccnc3ccnn23)nc1C(F)(F)F. The van der Waals surface area contributed by atoms with Gasteiger partial charge in [0.2, 0.25) is 0 Å². The normalized spacial score (nSPS) is 14.4. The summed E-state index contributed by atoms with van der Waals surface area (Å²) in [7, 11) is 0. The third-order valence-corrected chi connectivity index (χ3v) is 4.11. The number of rotatable bonds is 6. The van der Waals surface area contributed by atoms with Crippen LogP contribution < -0.4 is 10.5 Å². The number of halogens is 3. The lowest BCUT2D eigenvalue weighted by Crippen LogP contribution is -2.43. The highest BCUT2D eigenvalue weighted by atomic mass is 19.4. The molecule has 28 heavy (non-hydrogen) atoms. The lowest BCUT2D eigenvalue weighted by atomic mass is 9.93. The minimum atomic E-state index is -4.68. The fraction of sp³-hybridized carbons (Fsp3) is 0.421. The van der Waals surface area contributed by atoms with Gasteiger partial charge in [-0.15, -0.1) is 0 Å². The van der Waals surface area contributed by atoms with Gasteiger partial charge >= 0.3 is 6.18 Å². The fourth-order valence-electron chi connectivity index (χ4n) is 3.17. The summed E-state index contributed by atoms with van der Waals surface area (Å²) >= 11 is 0. The van der Waals surface area contributed by atoms with Crippen molar-refractivity contribution in [1.82, 2.24) is 19.6 Å². The van der Waals surface area contributed by atoms with Crippen LogP contribution in [-0.4, -0.2) is 31.7 Å². The van der Waals surface area contributed by atoms with E-state index in [0.29, 0.717) is 23.7 Å². The van der Waals surface area contributed by atoms with Crippen LogP contribution in [0, 0.1) is 5.92 Å². The average molecular weight is 393 g/mol. The second kappa shape index (κ2) is 7.38. The van der Waals surface area contributed by atoms with Gasteiger partial charge in [0.05, 0.1) is 17.6 Å². The maximum atomic E-state index is 13.6. The van der Waals surface area contributed by atoms with Gasteiger partial charge in [0, 0.05) is 17.8 Å². The zero-order valence-electron chi connectivity index (χ0n) is 15.9. The first-order chi connectivity index (χ1) is 13.1. The van der Waals surface area contributed by atoms with Crippen LogP contribution in [0.4, 0.5) is 13.2 Å². The molecule has 1 atom stereocenters. The Bertz CT molecular complexity index is 966. The molecule has 9 heteroatoms. The van der Waals surface area contributed by atoms with Crippen molar-refractivity contribution in [3.8, 4) is 17.1 Å². The molecule has 3 heterocycles. The van der Waals surface area contributed by atoms with E-state index in [2.05, 4.69) is 15.1 Å². The number of ether oxygens (including phenoxy) is 1. The summed E-state index contributed by atoms with van der Waals surface area (Å²) in [5.74, 6) is -0.0493. The Morgan fingerprint density at radius 2 is 1.89 bits per heavy atom. The van der Waals surface area contributed by atoms with Crippen LogP contribution in [0.2, 0.25) is 0 Å². The second-order valence-corrected chi connectivity index (χ2v) is 7.51. The van der Waals surface area contributed by atoms with E-state index in [1.54, 1.807) is 19.1 Å². The molecule has 2 N–H and O–H groups in total. The molecule has 0 saturated carbocycles. The second-order valence-electron chi connectivity index (χ2n) is 7.51. The van der Waals surface area contributed by atoms with E-state index in [0.717, 1.165) is 0 Å². The minimum Gasteiger partial charge on any atom is -0.489 e. The van der Waals surface area contributed by atoms with Crippen LogP contribution in [0.25, 0.3) is 17.0 Å². The molecule has 6 nitrogen and oxygen atoms in total. The Morgan fingerprint density at radius 1 is 1.14 bits per heavy atom. The lowest BCUT2D eigenvalue weighted by molar-refractivity contribution is -0.142. The predicted molar refractivity (Wildman–Crippen MR) is 98.8 cm³/mol. The van der Waals surface area contributed by atoms with Crippen LogP contribution in [0.3, 0.4) is 0 Å². The lowest BCUT2D eigenvalue weighted by Gasteiger charge is -2.27. The number of pyridine rings is 1. The van der Waals surface area contributed by atoms with E-state index >= 15 is 0 Å². The summed E-state index contributed by atoms with van der Waals surface area (Å²) in [5.41, 5.74) is 5.34. The number of fused-ring (bicyclic) bond motifs is 1. The van der Waals surface area contributed by atoms with Crippen molar-refractivity contribution in [2.75, 3.05) is 6.61 Å². The highest BCUT2D eigenvalue weighted by Gasteiger charge is 2.37. The summed E-state index contributed by atoms with van der Waals surface area (Å²) in [5, 5.41) is 4.09. The third kappa shape index (κ3) is 4.41. The molecule has 150 valence electrons. The number of hydrogen-bond acceptors (Lipinski definition) is 5. The molecule has 3 aromatic rings. The van der Waals surface area contributed by atoms with Gasteiger partial charge in [0.25, 0.3) is 0 Å². The smallest absolute Gasteiger partial charge is 0.437 e. The van der Waals surface area contributed by atoms with Gasteiger partial charge < -0.3 is 10.5 Å². The first-order valence-electron chi connectivity index (χ1n) is 8.86. The summed E-state index contributed by atoms with van der Waals surface area (Å²) in [4.78, 5) is 7.93. The van der Waals surface area contributed by atoms with Gasteiger partial charge in [-0.2, -0.15) is 18.3 Å². The van der Waals surface area contributed by atoms with E-state index in [-0.39, 0.29) is 18.1 Å². The third-order valence-electron chi connectivity index (χ3n) is 4.11. The van der Waals surface area contributed by atoms with Crippen LogP contribution in [0.1, 0.15) is 32.9 Å². The highest BCUT2D eigenvalue weighted by molar-refractivity contribution is 5.59. The van der Waals surface area contributed by atoms with Crippen molar-refractivity contribution in [1.29, 1.82) is 0 Å². The fourth-order valence-corrected chi connectivity index (χ4v) is 3.17. The van der Waals surface area contributed by atoms with Crippen molar-refractivity contribution >= 4 is 5.65 Å². The van der Waals surface area contributed by atoms with E-state index < -0.39 is 17.4 Å². The van der Waals surface area contributed by atoms with E-state index in [9.17, 15) is 13.2 Å². The van der Waals surface area contributed by atoms with E-state index in [4.69, 9.17) is 10.5 Å². The van der Waals surface area contributed by atoms with E-state index in [1.165, 1.54) is 29.0 Å². The van der Waals surface area contributed by atoms with Crippen LogP contribution in [0.5, 0.6) is 5.75 Å². The number of alkyl halides is 3. The predicted octanol–water partition coefficient (Wildman–Crippen LogP) is 3.95. The van der Waals surface area contributed by atoms with Crippen LogP contribution in [0.15, 0.2) is 36.7 Å². The van der Waals surface area contributed by atoms with Gasteiger partial charge in [-0.25, -0.2) is 14.5 Å². The molecule has 0 spiro atoms. The molecule has 3 rings (SSSR count). The molecule has 0 aliphatic heterocycles. The van der Waals surface area contributed by atoms with Gasteiger partial charge in [-0.05, 0) is 37.5 Å². The summed E-state index contributed by atoms with van der Waals surface area (Å²) < 4.78 is 47.7. The number of nitrogens with zero attached hydrogens (tertiary/aromatic N) is 4. The Labute approximate surface area is 160 Å². The molecule has 0 amide bonds. The molecule has 0 aliphatic rings. The summed E-state index contributed by atoms with van der Waals surface area (Å²) in [6.07, 6.45) is -1.04. The Kier molecular flexibility index (Phi) is 5.29. The Hall–Kier alpha value is -2.68. The number of nitrogens with two attached hydrogens (primary N) is 1. The molecule has 3 aromatic heterocycles. The Balaban J connectivity index is 1.96. The monoisotopic (exact) mass is 393 g/mol. The van der Waals surface area contributed by atoms with E-state index in [1.807, 2.05) is 13.8 Å². The molecule has 0 saturated heterocycles. The molecule has 0 unspecified atom stereocenters. The maximum Gasteiger partial charge on any atom is 0.437 e. The molecule has 0 fully saturated rings. The molecule has 0 aromatic carbocycles. The van der Waals surface area contributed by atoms with Crippen molar-refractivity contribution in [3.05, 3.63) is 42.4 Å². The first kappa shape index (κ1) is 20.1. The molecule has 0 radical (unpaired) electrons. The summed E-state index contributed by atoms with van der Waals surface area (Å²) in [6, 6.07) is 5.95.